The Morgan fingerprint density at radius 3 is 2.96 bits per heavy atom. The van der Waals surface area contributed by atoms with Crippen molar-refractivity contribution in [1.82, 2.24) is 15.6 Å². The summed E-state index contributed by atoms with van der Waals surface area (Å²) in [6.45, 7) is 7.17. The van der Waals surface area contributed by atoms with Crippen LogP contribution < -0.4 is 10.1 Å². The monoisotopic (exact) mass is 349 g/mol. The molecule has 1 saturated heterocycles. The van der Waals surface area contributed by atoms with Crippen LogP contribution in [0.1, 0.15) is 54.7 Å². The molecule has 1 amide bonds. The van der Waals surface area contributed by atoms with E-state index in [2.05, 4.69) is 29.5 Å². The minimum Gasteiger partial charge on any atom is -0.467 e. The van der Waals surface area contributed by atoms with Crippen molar-refractivity contribution in [2.24, 2.45) is 5.92 Å². The van der Waals surface area contributed by atoms with Crippen LogP contribution in [0.15, 0.2) is 21.3 Å². The highest BCUT2D eigenvalue weighted by atomic mass is 16.5. The maximum atomic E-state index is 12.2. The molecular formula is C17H23N3O5. The van der Waals surface area contributed by atoms with Gasteiger partial charge in [0.1, 0.15) is 11.9 Å². The Bertz CT molecular complexity index is 705. The number of nitrogens with zero attached hydrogens (tertiary/aromatic N) is 2. The van der Waals surface area contributed by atoms with Gasteiger partial charge in [-0.15, -0.1) is 0 Å². The van der Waals surface area contributed by atoms with Gasteiger partial charge in [-0.05, 0) is 30.8 Å². The highest BCUT2D eigenvalue weighted by Gasteiger charge is 2.27. The van der Waals surface area contributed by atoms with E-state index in [1.807, 2.05) is 6.92 Å². The molecule has 3 atom stereocenters. The molecule has 0 bridgehead atoms. The zero-order valence-electron chi connectivity index (χ0n) is 14.7. The molecule has 8 nitrogen and oxygen atoms in total. The second-order valence-electron chi connectivity index (χ2n) is 6.32. The number of hydrogen-bond acceptors (Lipinski definition) is 7. The van der Waals surface area contributed by atoms with Gasteiger partial charge in [-0.1, -0.05) is 19.0 Å². The van der Waals surface area contributed by atoms with E-state index in [1.54, 1.807) is 6.20 Å². The first-order valence-corrected chi connectivity index (χ1v) is 8.51. The van der Waals surface area contributed by atoms with Crippen LogP contribution in [0, 0.1) is 12.8 Å². The summed E-state index contributed by atoms with van der Waals surface area (Å²) in [5.74, 6) is 0.973. The molecule has 0 aliphatic carbocycles. The number of aromatic nitrogens is 2. The first-order valence-electron chi connectivity index (χ1n) is 8.51. The van der Waals surface area contributed by atoms with E-state index in [0.717, 1.165) is 18.4 Å². The van der Waals surface area contributed by atoms with E-state index in [0.29, 0.717) is 19.0 Å². The molecule has 1 aliphatic heterocycles. The van der Waals surface area contributed by atoms with Crippen molar-refractivity contribution in [2.45, 2.75) is 45.8 Å². The van der Waals surface area contributed by atoms with Crippen molar-refractivity contribution < 1.29 is 23.3 Å². The molecule has 1 aliphatic rings. The summed E-state index contributed by atoms with van der Waals surface area (Å²) in [7, 11) is 0. The molecule has 8 heteroatoms. The molecule has 1 N–H and O–H groups in total. The lowest BCUT2D eigenvalue weighted by molar-refractivity contribution is 0.0891. The summed E-state index contributed by atoms with van der Waals surface area (Å²) in [4.78, 5) is 12.2. The smallest absolute Gasteiger partial charge is 0.290 e. The van der Waals surface area contributed by atoms with Gasteiger partial charge in [-0.2, -0.15) is 0 Å². The molecule has 3 rings (SSSR count). The predicted octanol–water partition coefficient (Wildman–Crippen LogP) is 2.66. The zero-order valence-corrected chi connectivity index (χ0v) is 14.7. The van der Waals surface area contributed by atoms with E-state index in [1.165, 1.54) is 6.07 Å². The third-order valence-corrected chi connectivity index (χ3v) is 4.48. The van der Waals surface area contributed by atoms with Crippen LogP contribution >= 0.6 is 0 Å². The van der Waals surface area contributed by atoms with E-state index in [9.17, 15) is 4.79 Å². The van der Waals surface area contributed by atoms with E-state index in [-0.39, 0.29) is 35.6 Å². The normalized spacial score (nSPS) is 19.6. The predicted molar refractivity (Wildman–Crippen MR) is 87.3 cm³/mol. The average Bonchev–Trinajstić information content (AvgIpc) is 3.34. The minimum absolute atomic E-state index is 0.00878. The Kier molecular flexibility index (Phi) is 5.37. The number of hydrogen-bond donors (Lipinski definition) is 1. The summed E-state index contributed by atoms with van der Waals surface area (Å²) >= 11 is 0. The van der Waals surface area contributed by atoms with Crippen molar-refractivity contribution in [3.63, 3.8) is 0 Å². The second kappa shape index (κ2) is 7.69. The van der Waals surface area contributed by atoms with Crippen LogP contribution in [-0.2, 0) is 4.74 Å². The average molecular weight is 349 g/mol. The first kappa shape index (κ1) is 17.5. The Labute approximate surface area is 145 Å². The lowest BCUT2D eigenvalue weighted by Crippen LogP contribution is -2.34. The van der Waals surface area contributed by atoms with Crippen molar-refractivity contribution in [1.29, 1.82) is 0 Å². The van der Waals surface area contributed by atoms with Crippen LogP contribution in [-0.4, -0.2) is 35.5 Å². The van der Waals surface area contributed by atoms with Gasteiger partial charge in [0.25, 0.3) is 11.8 Å². The number of amides is 1. The van der Waals surface area contributed by atoms with Gasteiger partial charge < -0.3 is 23.8 Å². The molecule has 25 heavy (non-hydrogen) atoms. The fourth-order valence-corrected chi connectivity index (χ4v) is 2.74. The van der Waals surface area contributed by atoms with Crippen molar-refractivity contribution >= 4 is 5.91 Å². The van der Waals surface area contributed by atoms with Gasteiger partial charge in [0.2, 0.25) is 5.76 Å². The Morgan fingerprint density at radius 1 is 1.48 bits per heavy atom. The van der Waals surface area contributed by atoms with E-state index < -0.39 is 0 Å². The number of ether oxygens (including phenoxy) is 2. The van der Waals surface area contributed by atoms with E-state index in [4.69, 9.17) is 18.5 Å². The molecule has 0 aromatic carbocycles. The fourth-order valence-electron chi connectivity index (χ4n) is 2.74. The van der Waals surface area contributed by atoms with Crippen molar-refractivity contribution in [2.75, 3.05) is 13.2 Å². The van der Waals surface area contributed by atoms with Crippen LogP contribution in [0.25, 0.3) is 0 Å². The highest BCUT2D eigenvalue weighted by molar-refractivity contribution is 5.91. The number of nitrogens with one attached hydrogen (secondary N) is 1. The topological polar surface area (TPSA) is 99.6 Å². The third kappa shape index (κ3) is 4.01. The molecular weight excluding hydrogens is 326 g/mol. The Morgan fingerprint density at radius 2 is 2.32 bits per heavy atom. The molecule has 0 saturated carbocycles. The van der Waals surface area contributed by atoms with Gasteiger partial charge in [0.05, 0.1) is 30.5 Å². The van der Waals surface area contributed by atoms with Crippen LogP contribution in [0.4, 0.5) is 0 Å². The zero-order chi connectivity index (χ0) is 17.8. The summed E-state index contributed by atoms with van der Waals surface area (Å²) in [5.41, 5.74) is 0.867. The van der Waals surface area contributed by atoms with Crippen LogP contribution in [0.2, 0.25) is 0 Å². The minimum atomic E-state index is -0.320. The van der Waals surface area contributed by atoms with Crippen LogP contribution in [0.3, 0.4) is 0 Å². The summed E-state index contributed by atoms with van der Waals surface area (Å²) in [5, 5.41) is 10.5. The van der Waals surface area contributed by atoms with Gasteiger partial charge >= 0.3 is 0 Å². The SMILES string of the molecule is CCC(C)C(Oc1cc(C(=O)NC2CCOC2)on1)c1cnoc1C. The third-order valence-electron chi connectivity index (χ3n) is 4.48. The largest absolute Gasteiger partial charge is 0.467 e. The maximum absolute atomic E-state index is 12.2. The summed E-state index contributed by atoms with van der Waals surface area (Å²) in [6.07, 6.45) is 3.08. The lowest BCUT2D eigenvalue weighted by Gasteiger charge is -2.21. The van der Waals surface area contributed by atoms with Gasteiger partial charge in [-0.25, -0.2) is 0 Å². The maximum Gasteiger partial charge on any atom is 0.290 e. The standard InChI is InChI=1S/C17H23N3O5/c1-4-10(2)16(13-8-18-24-11(13)3)23-15-7-14(25-20-15)17(21)19-12-5-6-22-9-12/h7-8,10,12,16H,4-6,9H2,1-3H3,(H,19,21). The van der Waals surface area contributed by atoms with Gasteiger partial charge in [0.15, 0.2) is 0 Å². The molecule has 2 aromatic heterocycles. The molecule has 2 aromatic rings. The quantitative estimate of drug-likeness (QED) is 0.820. The van der Waals surface area contributed by atoms with Crippen LogP contribution in [0.5, 0.6) is 5.88 Å². The van der Waals surface area contributed by atoms with Crippen molar-refractivity contribution in [3.05, 3.63) is 29.3 Å². The van der Waals surface area contributed by atoms with E-state index >= 15 is 0 Å². The molecule has 3 unspecified atom stereocenters. The molecule has 0 radical (unpaired) electrons. The molecule has 3 heterocycles. The molecule has 1 fully saturated rings. The molecule has 136 valence electrons. The van der Waals surface area contributed by atoms with Crippen molar-refractivity contribution in [3.8, 4) is 5.88 Å². The number of carbonyl (C=O) groups excluding carboxylic acids is 1. The lowest BCUT2D eigenvalue weighted by atomic mass is 9.96. The number of aryl methyl sites for hydroxylation is 1. The molecule has 0 spiro atoms. The summed E-state index contributed by atoms with van der Waals surface area (Å²) < 4.78 is 21.5. The first-order chi connectivity index (χ1) is 12.1. The Hall–Kier alpha value is -2.35. The second-order valence-corrected chi connectivity index (χ2v) is 6.32. The van der Waals surface area contributed by atoms with Gasteiger partial charge in [-0.3, -0.25) is 4.79 Å². The number of rotatable bonds is 7. The highest BCUT2D eigenvalue weighted by Crippen LogP contribution is 2.31. The fraction of sp³-hybridized carbons (Fsp3) is 0.588. The Balaban J connectivity index is 1.69. The van der Waals surface area contributed by atoms with Gasteiger partial charge in [0, 0.05) is 6.61 Å². The summed E-state index contributed by atoms with van der Waals surface area (Å²) in [6, 6.07) is 1.51. The number of carbonyl (C=O) groups is 1.